The highest BCUT2D eigenvalue weighted by Crippen LogP contribution is 2.22. The van der Waals surface area contributed by atoms with Crippen molar-refractivity contribution >= 4 is 21.6 Å². The van der Waals surface area contributed by atoms with Gasteiger partial charge in [0.1, 0.15) is 5.82 Å². The molecule has 0 aliphatic carbocycles. The highest BCUT2D eigenvalue weighted by Gasteiger charge is 2.19. The van der Waals surface area contributed by atoms with E-state index < -0.39 is 9.84 Å². The molecule has 0 fully saturated rings. The van der Waals surface area contributed by atoms with Crippen LogP contribution in [0.5, 0.6) is 0 Å². The minimum atomic E-state index is -3.09. The number of nitrogens with one attached hydrogen (secondary N) is 1. The molecule has 0 aromatic carbocycles. The molecule has 0 aliphatic rings. The number of nitrogens with zero attached hydrogens (tertiary/aromatic N) is 1. The van der Waals surface area contributed by atoms with Crippen LogP contribution in [0, 0.1) is 0 Å². The summed E-state index contributed by atoms with van der Waals surface area (Å²) >= 11 is 0. The highest BCUT2D eigenvalue weighted by molar-refractivity contribution is 7.91. The molecule has 1 aromatic heterocycles. The van der Waals surface area contributed by atoms with Crippen LogP contribution >= 0.6 is 0 Å². The molecule has 21 heavy (non-hydrogen) atoms. The zero-order valence-electron chi connectivity index (χ0n) is 12.9. The topological polar surface area (TPSA) is 102 Å². The molecule has 1 rings (SSSR count). The number of amides is 1. The first-order valence-electron chi connectivity index (χ1n) is 6.82. The lowest BCUT2D eigenvalue weighted by Gasteiger charge is -2.19. The molecule has 7 heteroatoms. The van der Waals surface area contributed by atoms with E-state index in [2.05, 4.69) is 10.3 Å². The van der Waals surface area contributed by atoms with Gasteiger partial charge in [-0.15, -0.1) is 0 Å². The predicted molar refractivity (Wildman–Crippen MR) is 84.0 cm³/mol. The van der Waals surface area contributed by atoms with Crippen LogP contribution in [0.1, 0.15) is 43.7 Å². The summed E-state index contributed by atoms with van der Waals surface area (Å²) in [6.45, 7) is 7.59. The lowest BCUT2D eigenvalue weighted by molar-refractivity contribution is 0.0956. The molecule has 1 amide bonds. The monoisotopic (exact) mass is 313 g/mol. The van der Waals surface area contributed by atoms with Crippen molar-refractivity contribution in [1.82, 2.24) is 10.3 Å². The standard InChI is InChI=1S/C14H23N3O3S/c1-5-21(19,20)7-6-16-13(18)10-8-11(14(2,3)4)17-12(15)9-10/h8-9H,5-7H2,1-4H3,(H2,15,17)(H,16,18). The second-order valence-corrected chi connectivity index (χ2v) is 8.38. The van der Waals surface area contributed by atoms with E-state index in [0.717, 1.165) is 0 Å². The van der Waals surface area contributed by atoms with Gasteiger partial charge in [0.2, 0.25) is 0 Å². The summed E-state index contributed by atoms with van der Waals surface area (Å²) in [5.74, 6) is -0.0732. The molecule has 0 saturated carbocycles. The SMILES string of the molecule is CCS(=O)(=O)CCNC(=O)c1cc(N)nc(C(C)(C)C)c1. The van der Waals surface area contributed by atoms with Crippen molar-refractivity contribution in [3.8, 4) is 0 Å². The zero-order valence-corrected chi connectivity index (χ0v) is 13.8. The molecule has 6 nitrogen and oxygen atoms in total. The molecule has 1 aromatic rings. The lowest BCUT2D eigenvalue weighted by Crippen LogP contribution is -2.30. The van der Waals surface area contributed by atoms with Crippen molar-refractivity contribution < 1.29 is 13.2 Å². The maximum absolute atomic E-state index is 12.1. The Labute approximate surface area is 126 Å². The van der Waals surface area contributed by atoms with Crippen LogP contribution in [-0.2, 0) is 15.3 Å². The molecule has 0 atom stereocenters. The Morgan fingerprint density at radius 2 is 1.95 bits per heavy atom. The van der Waals surface area contributed by atoms with Gasteiger partial charge in [0.05, 0.1) is 5.75 Å². The van der Waals surface area contributed by atoms with Crippen molar-refractivity contribution in [1.29, 1.82) is 0 Å². The van der Waals surface area contributed by atoms with E-state index in [9.17, 15) is 13.2 Å². The minimum absolute atomic E-state index is 0.0675. The van der Waals surface area contributed by atoms with Crippen LogP contribution in [0.25, 0.3) is 0 Å². The first kappa shape index (κ1) is 17.4. The van der Waals surface area contributed by atoms with Gasteiger partial charge in [0, 0.05) is 29.0 Å². The fourth-order valence-electron chi connectivity index (χ4n) is 1.63. The first-order chi connectivity index (χ1) is 9.55. The highest BCUT2D eigenvalue weighted by atomic mass is 32.2. The van der Waals surface area contributed by atoms with Crippen molar-refractivity contribution in [3.05, 3.63) is 23.4 Å². The predicted octanol–water partition coefficient (Wildman–Crippen LogP) is 1.13. The van der Waals surface area contributed by atoms with Crippen molar-refractivity contribution in [3.63, 3.8) is 0 Å². The Hall–Kier alpha value is -1.63. The van der Waals surface area contributed by atoms with E-state index in [0.29, 0.717) is 11.3 Å². The smallest absolute Gasteiger partial charge is 0.251 e. The fraction of sp³-hybridized carbons (Fsp3) is 0.571. The van der Waals surface area contributed by atoms with E-state index in [1.54, 1.807) is 13.0 Å². The first-order valence-corrected chi connectivity index (χ1v) is 8.64. The second kappa shape index (κ2) is 6.43. The third-order valence-electron chi connectivity index (χ3n) is 3.01. The lowest BCUT2D eigenvalue weighted by atomic mass is 9.90. The number of rotatable bonds is 5. The van der Waals surface area contributed by atoms with Crippen molar-refractivity contribution in [2.24, 2.45) is 0 Å². The average molecular weight is 313 g/mol. The number of aromatic nitrogens is 1. The number of anilines is 1. The Morgan fingerprint density at radius 1 is 1.33 bits per heavy atom. The quantitative estimate of drug-likeness (QED) is 0.848. The second-order valence-electron chi connectivity index (χ2n) is 5.91. The van der Waals surface area contributed by atoms with Gasteiger partial charge in [-0.2, -0.15) is 0 Å². The normalized spacial score (nSPS) is 12.2. The van der Waals surface area contributed by atoms with Gasteiger partial charge in [0.25, 0.3) is 5.91 Å². The maximum Gasteiger partial charge on any atom is 0.251 e. The molecule has 0 aliphatic heterocycles. The number of carbonyl (C=O) groups excluding carboxylic acids is 1. The maximum atomic E-state index is 12.1. The van der Waals surface area contributed by atoms with Crippen LogP contribution in [0.2, 0.25) is 0 Å². The molecule has 0 unspecified atom stereocenters. The number of carbonyl (C=O) groups is 1. The summed E-state index contributed by atoms with van der Waals surface area (Å²) in [6, 6.07) is 3.17. The third kappa shape index (κ3) is 5.34. The van der Waals surface area contributed by atoms with E-state index in [1.165, 1.54) is 6.07 Å². The molecule has 0 saturated heterocycles. The average Bonchev–Trinajstić information content (AvgIpc) is 2.36. The number of sulfone groups is 1. The van der Waals surface area contributed by atoms with Crippen molar-refractivity contribution in [2.75, 3.05) is 23.8 Å². The third-order valence-corrected chi connectivity index (χ3v) is 4.72. The molecular weight excluding hydrogens is 290 g/mol. The summed E-state index contributed by atoms with van der Waals surface area (Å²) in [5.41, 5.74) is 6.61. The minimum Gasteiger partial charge on any atom is -0.384 e. The van der Waals surface area contributed by atoms with Crippen LogP contribution < -0.4 is 11.1 Å². The van der Waals surface area contributed by atoms with Gasteiger partial charge in [-0.1, -0.05) is 27.7 Å². The number of pyridine rings is 1. The van der Waals surface area contributed by atoms with Crippen LogP contribution in [-0.4, -0.2) is 37.4 Å². The Kier molecular flexibility index (Phi) is 5.33. The number of nitrogens with two attached hydrogens (primary N) is 1. The number of hydrogen-bond acceptors (Lipinski definition) is 5. The van der Waals surface area contributed by atoms with Crippen LogP contribution in [0.15, 0.2) is 12.1 Å². The van der Waals surface area contributed by atoms with Gasteiger partial charge in [-0.25, -0.2) is 13.4 Å². The summed E-state index contributed by atoms with van der Waals surface area (Å²) in [5, 5.41) is 2.59. The molecule has 1 heterocycles. The molecule has 0 spiro atoms. The van der Waals surface area contributed by atoms with Gasteiger partial charge >= 0.3 is 0 Å². The van der Waals surface area contributed by atoms with Gasteiger partial charge < -0.3 is 11.1 Å². The Morgan fingerprint density at radius 3 is 2.48 bits per heavy atom. The molecule has 118 valence electrons. The number of nitrogen functional groups attached to an aromatic ring is 1. The molecule has 0 bridgehead atoms. The van der Waals surface area contributed by atoms with E-state index >= 15 is 0 Å². The number of hydrogen-bond donors (Lipinski definition) is 2. The summed E-state index contributed by atoms with van der Waals surface area (Å²) in [4.78, 5) is 16.3. The van der Waals surface area contributed by atoms with Gasteiger partial charge in [0.15, 0.2) is 9.84 Å². The van der Waals surface area contributed by atoms with Gasteiger partial charge in [-0.05, 0) is 12.1 Å². The van der Waals surface area contributed by atoms with E-state index in [1.807, 2.05) is 20.8 Å². The summed E-state index contributed by atoms with van der Waals surface area (Å²) in [7, 11) is -3.09. The summed E-state index contributed by atoms with van der Waals surface area (Å²) < 4.78 is 22.8. The Balaban J connectivity index is 2.82. The van der Waals surface area contributed by atoms with E-state index in [-0.39, 0.29) is 35.2 Å². The van der Waals surface area contributed by atoms with Crippen LogP contribution in [0.4, 0.5) is 5.82 Å². The fourth-order valence-corrected chi connectivity index (χ4v) is 2.34. The zero-order chi connectivity index (χ0) is 16.3. The summed E-state index contributed by atoms with van der Waals surface area (Å²) in [6.07, 6.45) is 0. The molecular formula is C14H23N3O3S. The van der Waals surface area contributed by atoms with Crippen molar-refractivity contribution in [2.45, 2.75) is 33.1 Å². The molecule has 0 radical (unpaired) electrons. The van der Waals surface area contributed by atoms with Crippen LogP contribution in [0.3, 0.4) is 0 Å². The van der Waals surface area contributed by atoms with E-state index in [4.69, 9.17) is 5.73 Å². The van der Waals surface area contributed by atoms with Gasteiger partial charge in [-0.3, -0.25) is 4.79 Å². The molecule has 3 N–H and O–H groups in total. The largest absolute Gasteiger partial charge is 0.384 e. The Bertz CT molecular complexity index is 619.